The third-order valence-electron chi connectivity index (χ3n) is 4.88. The van der Waals surface area contributed by atoms with Gasteiger partial charge in [0, 0.05) is 37.5 Å². The van der Waals surface area contributed by atoms with Gasteiger partial charge in [-0.1, -0.05) is 55.8 Å². The molecule has 0 unspecified atom stereocenters. The van der Waals surface area contributed by atoms with E-state index in [4.69, 9.17) is 4.42 Å². The standard InChI is InChI=1S/C24H28N2O3/c1-2-3-14-23(27)26(18-19-10-5-4-6-11-19)16-9-15-25-21-17-24(28)29-22-13-8-7-12-20(21)22/h4-8,10-13,17,25H,2-3,9,14-16,18H2,1H3. The lowest BCUT2D eigenvalue weighted by molar-refractivity contribution is -0.132. The second kappa shape index (κ2) is 10.5. The highest BCUT2D eigenvalue weighted by atomic mass is 16.4. The Morgan fingerprint density at radius 1 is 1.03 bits per heavy atom. The summed E-state index contributed by atoms with van der Waals surface area (Å²) in [5, 5.41) is 4.21. The molecule has 3 aromatic rings. The Bertz CT molecular complexity index is 982. The van der Waals surface area contributed by atoms with Gasteiger partial charge < -0.3 is 14.6 Å². The quantitative estimate of drug-likeness (QED) is 0.397. The van der Waals surface area contributed by atoms with Crippen LogP contribution in [0.25, 0.3) is 11.0 Å². The fourth-order valence-corrected chi connectivity index (χ4v) is 3.33. The summed E-state index contributed by atoms with van der Waals surface area (Å²) in [5.74, 6) is 0.196. The fraction of sp³-hybridized carbons (Fsp3) is 0.333. The van der Waals surface area contributed by atoms with Crippen molar-refractivity contribution in [3.63, 3.8) is 0 Å². The van der Waals surface area contributed by atoms with Crippen molar-refractivity contribution >= 4 is 22.6 Å². The lowest BCUT2D eigenvalue weighted by atomic mass is 10.1. The topological polar surface area (TPSA) is 62.6 Å². The molecule has 1 heterocycles. The van der Waals surface area contributed by atoms with Crippen LogP contribution in [0.15, 0.2) is 69.9 Å². The van der Waals surface area contributed by atoms with Gasteiger partial charge in [0.05, 0.1) is 5.69 Å². The Balaban J connectivity index is 1.61. The summed E-state index contributed by atoms with van der Waals surface area (Å²) >= 11 is 0. The van der Waals surface area contributed by atoms with Gasteiger partial charge in [-0.2, -0.15) is 0 Å². The van der Waals surface area contributed by atoms with Crippen LogP contribution in [0.4, 0.5) is 5.69 Å². The first-order valence-electron chi connectivity index (χ1n) is 10.3. The highest BCUT2D eigenvalue weighted by molar-refractivity contribution is 5.89. The van der Waals surface area contributed by atoms with Crippen LogP contribution in [0, 0.1) is 0 Å². The molecule has 0 fully saturated rings. The van der Waals surface area contributed by atoms with Gasteiger partial charge in [0.2, 0.25) is 5.91 Å². The fourth-order valence-electron chi connectivity index (χ4n) is 3.33. The van der Waals surface area contributed by atoms with Crippen LogP contribution in [0.1, 0.15) is 38.2 Å². The Morgan fingerprint density at radius 3 is 2.59 bits per heavy atom. The maximum Gasteiger partial charge on any atom is 0.338 e. The third-order valence-corrected chi connectivity index (χ3v) is 4.88. The Hall–Kier alpha value is -3.08. The normalized spacial score (nSPS) is 10.8. The van der Waals surface area contributed by atoms with Crippen LogP contribution in [0.2, 0.25) is 0 Å². The van der Waals surface area contributed by atoms with Gasteiger partial charge >= 0.3 is 5.63 Å². The van der Waals surface area contributed by atoms with E-state index < -0.39 is 0 Å². The lowest BCUT2D eigenvalue weighted by Crippen LogP contribution is -2.32. The average molecular weight is 392 g/mol. The summed E-state index contributed by atoms with van der Waals surface area (Å²) in [6.07, 6.45) is 3.30. The van der Waals surface area contributed by atoms with Crippen molar-refractivity contribution in [2.45, 2.75) is 39.2 Å². The number of nitrogens with one attached hydrogen (secondary N) is 1. The first-order valence-corrected chi connectivity index (χ1v) is 10.3. The molecule has 0 aliphatic rings. The number of carbonyl (C=O) groups is 1. The van der Waals surface area contributed by atoms with E-state index in [1.807, 2.05) is 53.4 Å². The molecule has 0 aliphatic carbocycles. The first-order chi connectivity index (χ1) is 14.2. The number of anilines is 1. The summed E-state index contributed by atoms with van der Waals surface area (Å²) in [5.41, 5.74) is 2.11. The molecule has 29 heavy (non-hydrogen) atoms. The third kappa shape index (κ3) is 5.95. The van der Waals surface area contributed by atoms with Crippen molar-refractivity contribution in [2.75, 3.05) is 18.4 Å². The predicted molar refractivity (Wildman–Crippen MR) is 117 cm³/mol. The Kier molecular flexibility index (Phi) is 7.45. The number of amides is 1. The first kappa shape index (κ1) is 20.6. The summed E-state index contributed by atoms with van der Waals surface area (Å²) in [6, 6.07) is 19.0. The molecule has 0 bridgehead atoms. The highest BCUT2D eigenvalue weighted by Gasteiger charge is 2.13. The number of rotatable bonds is 10. The molecule has 0 atom stereocenters. The maximum atomic E-state index is 12.6. The number of para-hydroxylation sites is 1. The van der Waals surface area contributed by atoms with E-state index in [0.29, 0.717) is 31.6 Å². The second-order valence-corrected chi connectivity index (χ2v) is 7.16. The minimum atomic E-state index is -0.369. The number of carbonyl (C=O) groups excluding carboxylic acids is 1. The van der Waals surface area contributed by atoms with Gasteiger partial charge in [-0.05, 0) is 30.5 Å². The minimum Gasteiger partial charge on any atom is -0.423 e. The van der Waals surface area contributed by atoms with Gasteiger partial charge in [0.15, 0.2) is 0 Å². The van der Waals surface area contributed by atoms with Crippen LogP contribution in [-0.4, -0.2) is 23.9 Å². The van der Waals surface area contributed by atoms with E-state index in [2.05, 4.69) is 12.2 Å². The molecule has 5 nitrogen and oxygen atoms in total. The summed E-state index contributed by atoms with van der Waals surface area (Å²) < 4.78 is 5.23. The van der Waals surface area contributed by atoms with Crippen molar-refractivity contribution < 1.29 is 9.21 Å². The summed E-state index contributed by atoms with van der Waals surface area (Å²) in [7, 11) is 0. The maximum absolute atomic E-state index is 12.6. The largest absolute Gasteiger partial charge is 0.423 e. The van der Waals surface area contributed by atoms with E-state index in [1.165, 1.54) is 6.07 Å². The van der Waals surface area contributed by atoms with E-state index in [9.17, 15) is 9.59 Å². The van der Waals surface area contributed by atoms with E-state index in [1.54, 1.807) is 6.07 Å². The van der Waals surface area contributed by atoms with Gasteiger partial charge in [0.25, 0.3) is 0 Å². The zero-order valence-electron chi connectivity index (χ0n) is 16.9. The van der Waals surface area contributed by atoms with Crippen molar-refractivity contribution in [3.05, 3.63) is 76.6 Å². The van der Waals surface area contributed by atoms with E-state index in [-0.39, 0.29) is 11.5 Å². The molecule has 3 rings (SSSR count). The SMILES string of the molecule is CCCCC(=O)N(CCCNc1cc(=O)oc2ccccc12)Cc1ccccc1. The molecular formula is C24H28N2O3. The van der Waals surface area contributed by atoms with Crippen LogP contribution in [0.3, 0.4) is 0 Å². The molecule has 0 saturated heterocycles. The van der Waals surface area contributed by atoms with E-state index >= 15 is 0 Å². The molecule has 0 spiro atoms. The van der Waals surface area contributed by atoms with Crippen molar-refractivity contribution in [2.24, 2.45) is 0 Å². The lowest BCUT2D eigenvalue weighted by Gasteiger charge is -2.23. The number of hydrogen-bond acceptors (Lipinski definition) is 4. The Morgan fingerprint density at radius 2 is 1.79 bits per heavy atom. The average Bonchev–Trinajstić information content (AvgIpc) is 2.74. The molecule has 152 valence electrons. The monoisotopic (exact) mass is 392 g/mol. The van der Waals surface area contributed by atoms with Crippen molar-refractivity contribution in [1.82, 2.24) is 4.90 Å². The number of hydrogen-bond donors (Lipinski definition) is 1. The zero-order chi connectivity index (χ0) is 20.5. The second-order valence-electron chi connectivity index (χ2n) is 7.16. The van der Waals surface area contributed by atoms with Gasteiger partial charge in [-0.3, -0.25) is 4.79 Å². The van der Waals surface area contributed by atoms with E-state index in [0.717, 1.165) is 35.9 Å². The Labute approximate surface area is 171 Å². The van der Waals surface area contributed by atoms with Gasteiger partial charge in [0.1, 0.15) is 5.58 Å². The van der Waals surface area contributed by atoms with Crippen LogP contribution < -0.4 is 10.9 Å². The predicted octanol–water partition coefficient (Wildman–Crippen LogP) is 4.81. The van der Waals surface area contributed by atoms with Crippen LogP contribution in [-0.2, 0) is 11.3 Å². The highest BCUT2D eigenvalue weighted by Crippen LogP contribution is 2.21. The molecule has 1 N–H and O–H groups in total. The molecule has 1 amide bonds. The summed E-state index contributed by atoms with van der Waals surface area (Å²) in [4.78, 5) is 26.4. The summed E-state index contributed by atoms with van der Waals surface area (Å²) in [6.45, 7) is 4.06. The number of fused-ring (bicyclic) bond motifs is 1. The molecule has 0 radical (unpaired) electrons. The molecule has 0 saturated carbocycles. The van der Waals surface area contributed by atoms with Gasteiger partial charge in [-0.15, -0.1) is 0 Å². The van der Waals surface area contributed by atoms with Crippen molar-refractivity contribution in [3.8, 4) is 0 Å². The van der Waals surface area contributed by atoms with Crippen molar-refractivity contribution in [1.29, 1.82) is 0 Å². The molecular weight excluding hydrogens is 364 g/mol. The van der Waals surface area contributed by atoms with Crippen LogP contribution in [0.5, 0.6) is 0 Å². The van der Waals surface area contributed by atoms with Crippen LogP contribution >= 0.6 is 0 Å². The number of nitrogens with zero attached hydrogens (tertiary/aromatic N) is 1. The smallest absolute Gasteiger partial charge is 0.338 e. The minimum absolute atomic E-state index is 0.196. The zero-order valence-corrected chi connectivity index (χ0v) is 16.9. The number of unbranched alkanes of at least 4 members (excludes halogenated alkanes) is 1. The molecule has 2 aromatic carbocycles. The molecule has 0 aliphatic heterocycles. The van der Waals surface area contributed by atoms with Gasteiger partial charge in [-0.25, -0.2) is 4.79 Å². The number of benzene rings is 2. The molecule has 1 aromatic heterocycles. The molecule has 5 heteroatoms.